The molecule has 0 aliphatic carbocycles. The van der Waals surface area contributed by atoms with Crippen LogP contribution in [-0.2, 0) is 10.2 Å². The van der Waals surface area contributed by atoms with Gasteiger partial charge in [0, 0.05) is 11.8 Å². The molecule has 174 valence electrons. The molecule has 1 aliphatic heterocycles. The van der Waals surface area contributed by atoms with E-state index in [0.29, 0.717) is 17.5 Å². The number of hydrogen-bond donors (Lipinski definition) is 2. The lowest BCUT2D eigenvalue weighted by Gasteiger charge is -2.22. The third-order valence-corrected chi connectivity index (χ3v) is 5.50. The van der Waals surface area contributed by atoms with Crippen molar-refractivity contribution < 1.29 is 19.2 Å². The van der Waals surface area contributed by atoms with Gasteiger partial charge in [0.05, 0.1) is 6.10 Å². The Morgan fingerprint density at radius 2 is 2.00 bits per heavy atom. The van der Waals surface area contributed by atoms with Crippen molar-refractivity contribution in [3.05, 3.63) is 48.0 Å². The van der Waals surface area contributed by atoms with E-state index in [1.165, 1.54) is 16.7 Å². The fourth-order valence-corrected chi connectivity index (χ4v) is 3.52. The van der Waals surface area contributed by atoms with Crippen molar-refractivity contribution in [3.8, 4) is 11.4 Å². The minimum atomic E-state index is -0.768. The van der Waals surface area contributed by atoms with Crippen LogP contribution in [0, 0.1) is 0 Å². The highest BCUT2D eigenvalue weighted by atomic mass is 16.6. The lowest BCUT2D eigenvalue weighted by atomic mass is 9.86. The van der Waals surface area contributed by atoms with Gasteiger partial charge in [0.1, 0.15) is 24.5 Å². The Bertz CT molecular complexity index is 1140. The molecule has 0 bridgehead atoms. The molecule has 2 aromatic heterocycles. The Morgan fingerprint density at radius 1 is 1.21 bits per heavy atom. The zero-order valence-corrected chi connectivity index (χ0v) is 19.3. The molecule has 2 unspecified atom stereocenters. The molecule has 1 saturated heterocycles. The number of anilines is 2. The number of ether oxygens (including phenoxy) is 1. The number of amides is 1. The van der Waals surface area contributed by atoms with Crippen molar-refractivity contribution in [2.24, 2.45) is 0 Å². The number of carbonyl (C=O) groups excluding carboxylic acids is 1. The van der Waals surface area contributed by atoms with E-state index >= 15 is 0 Å². The predicted molar refractivity (Wildman–Crippen MR) is 122 cm³/mol. The second kappa shape index (κ2) is 8.78. The number of cyclic esters (lactones) is 1. The fourth-order valence-electron chi connectivity index (χ4n) is 3.52. The molecule has 1 fully saturated rings. The van der Waals surface area contributed by atoms with Crippen molar-refractivity contribution in [1.82, 2.24) is 20.1 Å². The third-order valence-electron chi connectivity index (χ3n) is 5.50. The van der Waals surface area contributed by atoms with E-state index in [4.69, 9.17) is 9.26 Å². The second-order valence-corrected chi connectivity index (χ2v) is 9.15. The third kappa shape index (κ3) is 4.80. The van der Waals surface area contributed by atoms with E-state index in [9.17, 15) is 9.90 Å². The molecule has 3 heterocycles. The van der Waals surface area contributed by atoms with E-state index in [2.05, 4.69) is 58.3 Å². The topological polar surface area (TPSA) is 127 Å². The van der Waals surface area contributed by atoms with Crippen LogP contribution >= 0.6 is 0 Å². The average molecular weight is 453 g/mol. The van der Waals surface area contributed by atoms with Crippen LogP contribution in [0.1, 0.15) is 52.1 Å². The molecule has 0 saturated carbocycles. The Labute approximate surface area is 192 Å². The Balaban J connectivity index is 1.51. The molecule has 4 rings (SSSR count). The van der Waals surface area contributed by atoms with Crippen molar-refractivity contribution in [3.63, 3.8) is 0 Å². The lowest BCUT2D eigenvalue weighted by molar-refractivity contribution is 0.142. The summed E-state index contributed by atoms with van der Waals surface area (Å²) in [6, 6.07) is 8.76. The highest BCUT2D eigenvalue weighted by Gasteiger charge is 2.38. The zero-order valence-electron chi connectivity index (χ0n) is 19.3. The number of benzene rings is 1. The minimum Gasteiger partial charge on any atom is -0.447 e. The summed E-state index contributed by atoms with van der Waals surface area (Å²) in [7, 11) is 0. The summed E-state index contributed by atoms with van der Waals surface area (Å²) in [6.07, 6.45) is 0.201. The smallest absolute Gasteiger partial charge is 0.416 e. The molecule has 10 heteroatoms. The van der Waals surface area contributed by atoms with Gasteiger partial charge in [-0.3, -0.25) is 4.90 Å². The van der Waals surface area contributed by atoms with Gasteiger partial charge in [0.15, 0.2) is 0 Å². The molecular weight excluding hydrogens is 424 g/mol. The van der Waals surface area contributed by atoms with E-state index in [0.717, 1.165) is 5.56 Å². The SMILES string of the molecule is CC(Nc1nccc(N2C(=O)OCC2[C@@H](C)O)n1)c1nc(-c2cccc(C(C)(C)C)c2)no1. The Morgan fingerprint density at radius 3 is 2.73 bits per heavy atom. The second-order valence-electron chi connectivity index (χ2n) is 9.15. The van der Waals surface area contributed by atoms with Crippen LogP contribution < -0.4 is 10.2 Å². The Kier molecular flexibility index (Phi) is 6.03. The summed E-state index contributed by atoms with van der Waals surface area (Å²) in [5.74, 6) is 1.48. The summed E-state index contributed by atoms with van der Waals surface area (Å²) in [6.45, 7) is 10.0. The zero-order chi connectivity index (χ0) is 23.8. The number of aromatic nitrogens is 4. The van der Waals surface area contributed by atoms with Gasteiger partial charge in [-0.1, -0.05) is 44.1 Å². The average Bonchev–Trinajstić information content (AvgIpc) is 3.41. The summed E-state index contributed by atoms with van der Waals surface area (Å²) in [4.78, 5) is 26.6. The van der Waals surface area contributed by atoms with E-state index in [1.807, 2.05) is 19.1 Å². The van der Waals surface area contributed by atoms with Gasteiger partial charge in [-0.2, -0.15) is 9.97 Å². The number of rotatable bonds is 6. The first-order valence-electron chi connectivity index (χ1n) is 10.8. The standard InChI is InChI=1S/C23H28N6O4/c1-13(20-27-19(28-33-20)15-7-6-8-16(11-15)23(3,4)5)25-21-24-10-9-18(26-21)29-17(14(2)30)12-32-22(29)31/h6-11,13-14,17,30H,12H2,1-5H3,(H,24,25,26)/t13?,14-,17?/m1/s1. The van der Waals surface area contributed by atoms with E-state index in [1.54, 1.807) is 13.0 Å². The molecule has 0 spiro atoms. The van der Waals surface area contributed by atoms with Gasteiger partial charge in [-0.25, -0.2) is 9.78 Å². The molecule has 2 N–H and O–H groups in total. The van der Waals surface area contributed by atoms with Gasteiger partial charge in [-0.05, 0) is 37.0 Å². The maximum absolute atomic E-state index is 12.1. The first-order chi connectivity index (χ1) is 15.6. The number of nitrogens with zero attached hydrogens (tertiary/aromatic N) is 5. The minimum absolute atomic E-state index is 0.00830. The molecule has 10 nitrogen and oxygen atoms in total. The van der Waals surface area contributed by atoms with Crippen LogP contribution in [-0.4, -0.2) is 50.1 Å². The van der Waals surface area contributed by atoms with Gasteiger partial charge >= 0.3 is 6.09 Å². The van der Waals surface area contributed by atoms with Gasteiger partial charge in [-0.15, -0.1) is 0 Å². The monoisotopic (exact) mass is 452 g/mol. The van der Waals surface area contributed by atoms with Gasteiger partial charge < -0.3 is 19.7 Å². The fraction of sp³-hybridized carbons (Fsp3) is 0.435. The van der Waals surface area contributed by atoms with Crippen LogP contribution in [0.15, 0.2) is 41.1 Å². The van der Waals surface area contributed by atoms with Crippen LogP contribution in [0.3, 0.4) is 0 Å². The molecule has 1 aromatic carbocycles. The van der Waals surface area contributed by atoms with Crippen molar-refractivity contribution in [2.75, 3.05) is 16.8 Å². The molecule has 1 aliphatic rings. The Hall–Kier alpha value is -3.53. The molecule has 1 amide bonds. The summed E-state index contributed by atoms with van der Waals surface area (Å²) in [5, 5.41) is 17.2. The maximum atomic E-state index is 12.1. The maximum Gasteiger partial charge on any atom is 0.416 e. The number of hydrogen-bond acceptors (Lipinski definition) is 9. The van der Waals surface area contributed by atoms with E-state index < -0.39 is 18.2 Å². The predicted octanol–water partition coefficient (Wildman–Crippen LogP) is 3.70. The number of nitrogens with one attached hydrogen (secondary N) is 1. The van der Waals surface area contributed by atoms with Crippen LogP contribution in [0.25, 0.3) is 11.4 Å². The highest BCUT2D eigenvalue weighted by Crippen LogP contribution is 2.28. The molecule has 3 atom stereocenters. The number of aliphatic hydroxyl groups excluding tert-OH is 1. The van der Waals surface area contributed by atoms with Crippen LogP contribution in [0.2, 0.25) is 0 Å². The first kappa shape index (κ1) is 22.7. The summed E-state index contributed by atoms with van der Waals surface area (Å²) < 4.78 is 10.5. The normalized spacial score (nSPS) is 18.2. The molecular formula is C23H28N6O4. The van der Waals surface area contributed by atoms with Gasteiger partial charge in [0.25, 0.3) is 0 Å². The highest BCUT2D eigenvalue weighted by molar-refractivity contribution is 5.89. The van der Waals surface area contributed by atoms with Crippen molar-refractivity contribution in [2.45, 2.75) is 58.2 Å². The molecule has 33 heavy (non-hydrogen) atoms. The quantitative estimate of drug-likeness (QED) is 0.575. The van der Waals surface area contributed by atoms with E-state index in [-0.39, 0.29) is 24.0 Å². The number of aliphatic hydroxyl groups is 1. The summed E-state index contributed by atoms with van der Waals surface area (Å²) >= 11 is 0. The van der Waals surface area contributed by atoms with Crippen molar-refractivity contribution in [1.29, 1.82) is 0 Å². The number of carbonyl (C=O) groups is 1. The first-order valence-corrected chi connectivity index (χ1v) is 10.8. The van der Waals surface area contributed by atoms with Crippen molar-refractivity contribution >= 4 is 17.9 Å². The summed E-state index contributed by atoms with van der Waals surface area (Å²) in [5.41, 5.74) is 2.06. The van der Waals surface area contributed by atoms with Crippen LogP contribution in [0.5, 0.6) is 0 Å². The van der Waals surface area contributed by atoms with Crippen LogP contribution in [0.4, 0.5) is 16.6 Å². The largest absolute Gasteiger partial charge is 0.447 e. The van der Waals surface area contributed by atoms with Gasteiger partial charge in [0.2, 0.25) is 17.7 Å². The molecule has 0 radical (unpaired) electrons. The molecule has 3 aromatic rings. The lowest BCUT2D eigenvalue weighted by Crippen LogP contribution is -2.41.